The summed E-state index contributed by atoms with van der Waals surface area (Å²) in [7, 11) is 0. The molecule has 1 aromatic heterocycles. The SMILES string of the molecule is CCCOc1ccc(-c2n[nH]c(=S)[nH]c2=O)cc1. The molecule has 0 aliphatic rings. The first-order valence-electron chi connectivity index (χ1n) is 5.63. The van der Waals surface area contributed by atoms with Gasteiger partial charge in [0.15, 0.2) is 10.5 Å². The third-order valence-electron chi connectivity index (χ3n) is 2.31. The van der Waals surface area contributed by atoms with Gasteiger partial charge in [-0.15, -0.1) is 0 Å². The fourth-order valence-electron chi connectivity index (χ4n) is 1.47. The molecule has 0 fully saturated rings. The first-order valence-corrected chi connectivity index (χ1v) is 6.03. The number of aromatic amines is 2. The van der Waals surface area contributed by atoms with E-state index in [1.165, 1.54) is 0 Å². The Hall–Kier alpha value is -1.95. The molecule has 1 aromatic carbocycles. The highest BCUT2D eigenvalue weighted by molar-refractivity contribution is 7.71. The Bertz CT molecular complexity index is 631. The third-order valence-corrected chi connectivity index (χ3v) is 2.51. The van der Waals surface area contributed by atoms with Crippen LogP contribution in [0.4, 0.5) is 0 Å². The molecule has 0 radical (unpaired) electrons. The second-order valence-electron chi connectivity index (χ2n) is 3.73. The van der Waals surface area contributed by atoms with Gasteiger partial charge in [0.1, 0.15) is 5.75 Å². The first kappa shape index (κ1) is 12.5. The lowest BCUT2D eigenvalue weighted by Gasteiger charge is -2.05. The summed E-state index contributed by atoms with van der Waals surface area (Å²) in [6.07, 6.45) is 0.957. The van der Waals surface area contributed by atoms with E-state index in [9.17, 15) is 4.79 Å². The molecule has 0 saturated carbocycles. The van der Waals surface area contributed by atoms with Crippen LogP contribution in [0.5, 0.6) is 5.75 Å². The molecule has 2 N–H and O–H groups in total. The second-order valence-corrected chi connectivity index (χ2v) is 4.14. The molecule has 0 saturated heterocycles. The minimum Gasteiger partial charge on any atom is -0.494 e. The van der Waals surface area contributed by atoms with Crippen LogP contribution in [0.3, 0.4) is 0 Å². The molecule has 0 aliphatic carbocycles. The molecule has 94 valence electrons. The number of nitrogens with one attached hydrogen (secondary N) is 2. The predicted octanol–water partition coefficient (Wildman–Crippen LogP) is 2.28. The summed E-state index contributed by atoms with van der Waals surface area (Å²) in [4.78, 5) is 14.2. The van der Waals surface area contributed by atoms with E-state index in [1.807, 2.05) is 19.1 Å². The molecule has 5 nitrogen and oxygen atoms in total. The molecule has 1 heterocycles. The molecule has 0 unspecified atom stereocenters. The van der Waals surface area contributed by atoms with Gasteiger partial charge in [-0.3, -0.25) is 14.9 Å². The van der Waals surface area contributed by atoms with Crippen LogP contribution in [0.25, 0.3) is 11.3 Å². The highest BCUT2D eigenvalue weighted by Gasteiger charge is 2.05. The van der Waals surface area contributed by atoms with Gasteiger partial charge < -0.3 is 4.74 Å². The van der Waals surface area contributed by atoms with E-state index >= 15 is 0 Å². The lowest BCUT2D eigenvalue weighted by molar-refractivity contribution is 0.317. The normalized spacial score (nSPS) is 10.3. The molecule has 0 aliphatic heterocycles. The van der Waals surface area contributed by atoms with E-state index in [2.05, 4.69) is 15.2 Å². The molecular formula is C12H13N3O2S. The van der Waals surface area contributed by atoms with Crippen molar-refractivity contribution in [2.45, 2.75) is 13.3 Å². The van der Waals surface area contributed by atoms with Crippen LogP contribution in [-0.4, -0.2) is 21.8 Å². The molecule has 0 amide bonds. The molecule has 0 bridgehead atoms. The number of rotatable bonds is 4. The summed E-state index contributed by atoms with van der Waals surface area (Å²) >= 11 is 4.78. The standard InChI is InChI=1S/C12H13N3O2S/c1-2-7-17-9-5-3-8(4-6-9)10-11(16)13-12(18)15-14-10/h3-6H,2,7H2,1H3,(H2,13,15,16,18). The number of aromatic nitrogens is 3. The zero-order valence-corrected chi connectivity index (χ0v) is 10.7. The van der Waals surface area contributed by atoms with Gasteiger partial charge in [-0.2, -0.15) is 5.10 Å². The Kier molecular flexibility index (Phi) is 3.88. The van der Waals surface area contributed by atoms with Gasteiger partial charge in [-0.1, -0.05) is 6.92 Å². The van der Waals surface area contributed by atoms with Crippen molar-refractivity contribution in [1.82, 2.24) is 15.2 Å². The lowest BCUT2D eigenvalue weighted by Crippen LogP contribution is -2.12. The van der Waals surface area contributed by atoms with E-state index in [0.29, 0.717) is 17.9 Å². The van der Waals surface area contributed by atoms with Crippen molar-refractivity contribution in [2.24, 2.45) is 0 Å². The minimum absolute atomic E-state index is 0.214. The van der Waals surface area contributed by atoms with Gasteiger partial charge in [-0.05, 0) is 42.9 Å². The Labute approximate surface area is 109 Å². The lowest BCUT2D eigenvalue weighted by atomic mass is 10.1. The molecule has 2 rings (SSSR count). The fraction of sp³-hybridized carbons (Fsp3) is 0.250. The van der Waals surface area contributed by atoms with Gasteiger partial charge in [-0.25, -0.2) is 0 Å². The Morgan fingerprint density at radius 3 is 2.67 bits per heavy atom. The average molecular weight is 263 g/mol. The van der Waals surface area contributed by atoms with Crippen LogP contribution < -0.4 is 10.3 Å². The van der Waals surface area contributed by atoms with E-state index in [0.717, 1.165) is 12.2 Å². The van der Waals surface area contributed by atoms with Crippen molar-refractivity contribution in [3.8, 4) is 17.0 Å². The van der Waals surface area contributed by atoms with Crippen molar-refractivity contribution in [2.75, 3.05) is 6.61 Å². The molecular weight excluding hydrogens is 250 g/mol. The zero-order valence-electron chi connectivity index (χ0n) is 9.90. The summed E-state index contributed by atoms with van der Waals surface area (Å²) in [6, 6.07) is 7.21. The van der Waals surface area contributed by atoms with Gasteiger partial charge in [0.2, 0.25) is 0 Å². The minimum atomic E-state index is -0.305. The van der Waals surface area contributed by atoms with Crippen LogP contribution in [0.2, 0.25) is 0 Å². The highest BCUT2D eigenvalue weighted by Crippen LogP contribution is 2.17. The number of ether oxygens (including phenoxy) is 1. The summed E-state index contributed by atoms with van der Waals surface area (Å²) in [6.45, 7) is 2.72. The molecule has 6 heteroatoms. The molecule has 0 spiro atoms. The number of hydrogen-bond acceptors (Lipinski definition) is 4. The summed E-state index contributed by atoms with van der Waals surface area (Å²) in [5.41, 5.74) is 0.720. The topological polar surface area (TPSA) is 70.8 Å². The quantitative estimate of drug-likeness (QED) is 0.830. The molecule has 18 heavy (non-hydrogen) atoms. The van der Waals surface area contributed by atoms with Crippen molar-refractivity contribution >= 4 is 12.2 Å². The predicted molar refractivity (Wildman–Crippen MR) is 71.3 cm³/mol. The number of hydrogen-bond donors (Lipinski definition) is 2. The van der Waals surface area contributed by atoms with E-state index < -0.39 is 0 Å². The maximum absolute atomic E-state index is 11.7. The van der Waals surface area contributed by atoms with Crippen LogP contribution in [-0.2, 0) is 0 Å². The summed E-state index contributed by atoms with van der Waals surface area (Å²) in [5.74, 6) is 0.779. The van der Waals surface area contributed by atoms with Crippen LogP contribution in [0, 0.1) is 4.77 Å². The largest absolute Gasteiger partial charge is 0.494 e. The molecule has 0 atom stereocenters. The van der Waals surface area contributed by atoms with Crippen LogP contribution in [0.15, 0.2) is 29.1 Å². The van der Waals surface area contributed by atoms with Crippen LogP contribution in [0.1, 0.15) is 13.3 Å². The average Bonchev–Trinajstić information content (AvgIpc) is 2.37. The van der Waals surface area contributed by atoms with E-state index in [1.54, 1.807) is 12.1 Å². The van der Waals surface area contributed by atoms with Crippen molar-refractivity contribution < 1.29 is 4.74 Å². The van der Waals surface area contributed by atoms with Crippen molar-refractivity contribution in [3.05, 3.63) is 39.4 Å². The Balaban J connectivity index is 2.29. The van der Waals surface area contributed by atoms with Gasteiger partial charge in [0, 0.05) is 5.56 Å². The maximum Gasteiger partial charge on any atom is 0.278 e. The van der Waals surface area contributed by atoms with Crippen molar-refractivity contribution in [3.63, 3.8) is 0 Å². The number of benzene rings is 1. The number of H-pyrrole nitrogens is 2. The Morgan fingerprint density at radius 1 is 1.33 bits per heavy atom. The second kappa shape index (κ2) is 5.59. The van der Waals surface area contributed by atoms with E-state index in [-0.39, 0.29) is 10.3 Å². The van der Waals surface area contributed by atoms with Crippen molar-refractivity contribution in [1.29, 1.82) is 0 Å². The fourth-order valence-corrected chi connectivity index (χ4v) is 1.61. The summed E-state index contributed by atoms with van der Waals surface area (Å²) < 4.78 is 5.68. The first-order chi connectivity index (χ1) is 8.70. The Morgan fingerprint density at radius 2 is 2.06 bits per heavy atom. The zero-order chi connectivity index (χ0) is 13.0. The van der Waals surface area contributed by atoms with E-state index in [4.69, 9.17) is 17.0 Å². The van der Waals surface area contributed by atoms with Gasteiger partial charge >= 0.3 is 0 Å². The monoisotopic (exact) mass is 263 g/mol. The number of nitrogens with zero attached hydrogens (tertiary/aromatic N) is 1. The van der Waals surface area contributed by atoms with Crippen LogP contribution >= 0.6 is 12.2 Å². The highest BCUT2D eigenvalue weighted by atomic mass is 32.1. The van der Waals surface area contributed by atoms with Gasteiger partial charge in [0.05, 0.1) is 6.61 Å². The smallest absolute Gasteiger partial charge is 0.278 e. The maximum atomic E-state index is 11.7. The molecule has 2 aromatic rings. The summed E-state index contributed by atoms with van der Waals surface area (Å²) in [5, 5.41) is 6.49. The van der Waals surface area contributed by atoms with Gasteiger partial charge in [0.25, 0.3) is 5.56 Å². The third kappa shape index (κ3) is 2.84.